The molecule has 0 aromatic carbocycles. The predicted octanol–water partition coefficient (Wildman–Crippen LogP) is 0.645. The van der Waals surface area contributed by atoms with E-state index < -0.39 is 12.0 Å². The van der Waals surface area contributed by atoms with Crippen LogP contribution in [0.1, 0.15) is 31.5 Å². The Bertz CT molecular complexity index is 456. The number of carbonyl (C=O) groups excluding carboxylic acids is 1. The molecule has 1 atom stereocenters. The Hall–Kier alpha value is -2.05. The molecule has 3 N–H and O–H groups in total. The first kappa shape index (κ1) is 15.0. The molecule has 0 fully saturated rings. The molecule has 106 valence electrons. The molecule has 7 heteroatoms. The number of rotatable bonds is 6. The highest BCUT2D eigenvalue weighted by Gasteiger charge is 2.11. The molecule has 0 bridgehead atoms. The number of amides is 2. The van der Waals surface area contributed by atoms with E-state index in [1.54, 1.807) is 11.6 Å². The van der Waals surface area contributed by atoms with Crippen molar-refractivity contribution < 1.29 is 14.7 Å². The number of hydrogen-bond donors (Lipinski definition) is 3. The molecule has 0 saturated carbocycles. The van der Waals surface area contributed by atoms with Gasteiger partial charge in [-0.3, -0.25) is 9.48 Å². The monoisotopic (exact) mass is 268 g/mol. The number of carboxylic acid groups (broad SMARTS) is 1. The lowest BCUT2D eigenvalue weighted by Gasteiger charge is -2.12. The maximum atomic E-state index is 11.6. The average molecular weight is 268 g/mol. The fourth-order valence-electron chi connectivity index (χ4n) is 1.79. The van der Waals surface area contributed by atoms with Crippen LogP contribution in [-0.2, 0) is 24.8 Å². The minimum absolute atomic E-state index is 0.0967. The third-order valence-electron chi connectivity index (χ3n) is 2.62. The topological polar surface area (TPSA) is 96.3 Å². The second-order valence-electron chi connectivity index (χ2n) is 4.45. The SMILES string of the molecule is CCc1nn(C)cc1CNC(=O)NC(C)CC(=O)O. The number of hydrogen-bond acceptors (Lipinski definition) is 3. The highest BCUT2D eigenvalue weighted by atomic mass is 16.4. The Labute approximate surface area is 112 Å². The van der Waals surface area contributed by atoms with Crippen molar-refractivity contribution in [1.29, 1.82) is 0 Å². The van der Waals surface area contributed by atoms with E-state index in [1.807, 2.05) is 20.2 Å². The van der Waals surface area contributed by atoms with Crippen LogP contribution in [0.4, 0.5) is 4.79 Å². The van der Waals surface area contributed by atoms with Crippen LogP contribution in [0, 0.1) is 0 Å². The molecule has 19 heavy (non-hydrogen) atoms. The zero-order chi connectivity index (χ0) is 14.4. The Morgan fingerprint density at radius 1 is 1.53 bits per heavy atom. The quantitative estimate of drug-likeness (QED) is 0.705. The van der Waals surface area contributed by atoms with Gasteiger partial charge in [0.1, 0.15) is 0 Å². The van der Waals surface area contributed by atoms with Crippen LogP contribution in [0.5, 0.6) is 0 Å². The number of aromatic nitrogens is 2. The van der Waals surface area contributed by atoms with Gasteiger partial charge >= 0.3 is 12.0 Å². The van der Waals surface area contributed by atoms with Crippen LogP contribution >= 0.6 is 0 Å². The molecule has 1 heterocycles. The number of urea groups is 1. The van der Waals surface area contributed by atoms with Gasteiger partial charge in [0.15, 0.2) is 0 Å². The summed E-state index contributed by atoms with van der Waals surface area (Å²) < 4.78 is 1.71. The standard InChI is InChI=1S/C12H20N4O3/c1-4-10-9(7-16(3)15-10)6-13-12(19)14-8(2)5-11(17)18/h7-8H,4-6H2,1-3H3,(H,17,18)(H2,13,14,19). The van der Waals surface area contributed by atoms with Crippen molar-refractivity contribution in [3.8, 4) is 0 Å². The van der Waals surface area contributed by atoms with E-state index in [2.05, 4.69) is 15.7 Å². The molecule has 0 saturated heterocycles. The molecular formula is C12H20N4O3. The van der Waals surface area contributed by atoms with Gasteiger partial charge in [0, 0.05) is 31.4 Å². The van der Waals surface area contributed by atoms with Crippen molar-refractivity contribution >= 4 is 12.0 Å². The highest BCUT2D eigenvalue weighted by Crippen LogP contribution is 2.06. The number of carboxylic acids is 1. The van der Waals surface area contributed by atoms with E-state index in [4.69, 9.17) is 5.11 Å². The van der Waals surface area contributed by atoms with Gasteiger partial charge in [-0.2, -0.15) is 5.10 Å². The molecule has 0 aliphatic heterocycles. The number of nitrogens with zero attached hydrogens (tertiary/aromatic N) is 2. The molecule has 2 amide bonds. The van der Waals surface area contributed by atoms with E-state index in [1.165, 1.54) is 0 Å². The number of aryl methyl sites for hydroxylation is 2. The van der Waals surface area contributed by atoms with Gasteiger partial charge in [-0.05, 0) is 13.3 Å². The summed E-state index contributed by atoms with van der Waals surface area (Å²) in [6, 6.07) is -0.781. The maximum Gasteiger partial charge on any atom is 0.315 e. The van der Waals surface area contributed by atoms with Crippen molar-refractivity contribution in [2.24, 2.45) is 7.05 Å². The minimum atomic E-state index is -0.937. The summed E-state index contributed by atoms with van der Waals surface area (Å²) >= 11 is 0. The van der Waals surface area contributed by atoms with Crippen LogP contribution in [0.3, 0.4) is 0 Å². The predicted molar refractivity (Wildman–Crippen MR) is 69.7 cm³/mol. The van der Waals surface area contributed by atoms with Crippen LogP contribution in [0.25, 0.3) is 0 Å². The van der Waals surface area contributed by atoms with E-state index in [9.17, 15) is 9.59 Å². The summed E-state index contributed by atoms with van der Waals surface area (Å²) in [4.78, 5) is 22.0. The number of aliphatic carboxylic acids is 1. The normalized spacial score (nSPS) is 11.9. The van der Waals surface area contributed by atoms with Crippen LogP contribution < -0.4 is 10.6 Å². The van der Waals surface area contributed by atoms with Crippen molar-refractivity contribution in [2.45, 2.75) is 39.3 Å². The molecule has 1 unspecified atom stereocenters. The smallest absolute Gasteiger partial charge is 0.315 e. The number of carbonyl (C=O) groups is 2. The first-order valence-corrected chi connectivity index (χ1v) is 6.20. The Morgan fingerprint density at radius 3 is 2.79 bits per heavy atom. The van der Waals surface area contributed by atoms with E-state index in [-0.39, 0.29) is 12.5 Å². The van der Waals surface area contributed by atoms with Gasteiger partial charge < -0.3 is 15.7 Å². The minimum Gasteiger partial charge on any atom is -0.481 e. The molecule has 0 radical (unpaired) electrons. The molecule has 0 spiro atoms. The van der Waals surface area contributed by atoms with E-state index >= 15 is 0 Å². The fraction of sp³-hybridized carbons (Fsp3) is 0.583. The molecule has 1 aromatic heterocycles. The van der Waals surface area contributed by atoms with Crippen LogP contribution in [0.2, 0.25) is 0 Å². The largest absolute Gasteiger partial charge is 0.481 e. The third-order valence-corrected chi connectivity index (χ3v) is 2.62. The Balaban J connectivity index is 2.43. The van der Waals surface area contributed by atoms with Gasteiger partial charge in [-0.1, -0.05) is 6.92 Å². The second kappa shape index (κ2) is 6.77. The third kappa shape index (κ3) is 4.99. The van der Waals surface area contributed by atoms with Crippen molar-refractivity contribution in [3.05, 3.63) is 17.5 Å². The number of nitrogens with one attached hydrogen (secondary N) is 2. The average Bonchev–Trinajstić information content (AvgIpc) is 2.65. The molecule has 0 aliphatic carbocycles. The summed E-state index contributed by atoms with van der Waals surface area (Å²) in [5.74, 6) is -0.937. The maximum absolute atomic E-state index is 11.6. The second-order valence-corrected chi connectivity index (χ2v) is 4.45. The summed E-state index contributed by atoms with van der Waals surface area (Å²) in [6.45, 7) is 4.03. The van der Waals surface area contributed by atoms with E-state index in [0.717, 1.165) is 17.7 Å². The lowest BCUT2D eigenvalue weighted by Crippen LogP contribution is -2.41. The van der Waals surface area contributed by atoms with E-state index in [0.29, 0.717) is 6.54 Å². The Morgan fingerprint density at radius 2 is 2.21 bits per heavy atom. The summed E-state index contributed by atoms with van der Waals surface area (Å²) in [6.07, 6.45) is 2.56. The Kier molecular flexibility index (Phi) is 5.35. The van der Waals surface area contributed by atoms with Crippen LogP contribution in [0.15, 0.2) is 6.20 Å². The molecular weight excluding hydrogens is 248 g/mol. The fourth-order valence-corrected chi connectivity index (χ4v) is 1.79. The van der Waals surface area contributed by atoms with Gasteiger partial charge in [0.25, 0.3) is 0 Å². The first-order valence-electron chi connectivity index (χ1n) is 6.20. The molecule has 1 aromatic rings. The summed E-state index contributed by atoms with van der Waals surface area (Å²) in [7, 11) is 1.83. The van der Waals surface area contributed by atoms with Gasteiger partial charge in [-0.25, -0.2) is 4.79 Å². The lowest BCUT2D eigenvalue weighted by molar-refractivity contribution is -0.137. The van der Waals surface area contributed by atoms with Gasteiger partial charge in [0.05, 0.1) is 12.1 Å². The van der Waals surface area contributed by atoms with Crippen LogP contribution in [-0.4, -0.2) is 32.9 Å². The van der Waals surface area contributed by atoms with Gasteiger partial charge in [-0.15, -0.1) is 0 Å². The first-order chi connectivity index (χ1) is 8.92. The van der Waals surface area contributed by atoms with Crippen molar-refractivity contribution in [3.63, 3.8) is 0 Å². The summed E-state index contributed by atoms with van der Waals surface area (Å²) in [5.41, 5.74) is 1.91. The lowest BCUT2D eigenvalue weighted by atomic mass is 10.2. The zero-order valence-corrected chi connectivity index (χ0v) is 11.4. The molecule has 7 nitrogen and oxygen atoms in total. The molecule has 0 aliphatic rings. The van der Waals surface area contributed by atoms with Gasteiger partial charge in [0.2, 0.25) is 0 Å². The van der Waals surface area contributed by atoms with Crippen molar-refractivity contribution in [2.75, 3.05) is 0 Å². The highest BCUT2D eigenvalue weighted by molar-refractivity contribution is 5.75. The van der Waals surface area contributed by atoms with Crippen molar-refractivity contribution in [1.82, 2.24) is 20.4 Å². The molecule has 1 rings (SSSR count). The zero-order valence-electron chi connectivity index (χ0n) is 11.4. The summed E-state index contributed by atoms with van der Waals surface area (Å²) in [5, 5.41) is 18.1.